The predicted molar refractivity (Wildman–Crippen MR) is 87.3 cm³/mol. The molecule has 2 heterocycles. The molecule has 1 N–H and O–H groups in total. The fourth-order valence-electron chi connectivity index (χ4n) is 2.85. The number of rotatable bonds is 4. The standard InChI is InChI=1S/C17H21N3O3/c1-19-14-5-3-2-4-13(14)12-15(19)17(22)18-7-6-16(21)20-8-10-23-11-9-20/h2-5,12H,6-11H2,1H3,(H,18,22). The van der Waals surface area contributed by atoms with Crippen molar-refractivity contribution in [3.05, 3.63) is 36.0 Å². The quantitative estimate of drug-likeness (QED) is 0.921. The molecule has 1 aromatic carbocycles. The lowest BCUT2D eigenvalue weighted by Gasteiger charge is -2.26. The maximum atomic E-state index is 12.3. The molecule has 0 bridgehead atoms. The van der Waals surface area contributed by atoms with Crippen molar-refractivity contribution in [1.82, 2.24) is 14.8 Å². The first-order chi connectivity index (χ1) is 11.2. The van der Waals surface area contributed by atoms with Gasteiger partial charge in [0.05, 0.1) is 13.2 Å². The van der Waals surface area contributed by atoms with Crippen LogP contribution in [0.2, 0.25) is 0 Å². The molecule has 23 heavy (non-hydrogen) atoms. The predicted octanol–water partition coefficient (Wildman–Crippen LogP) is 1.16. The van der Waals surface area contributed by atoms with Gasteiger partial charge in [-0.05, 0) is 12.1 Å². The van der Waals surface area contributed by atoms with Gasteiger partial charge in [0.15, 0.2) is 0 Å². The molecule has 0 saturated carbocycles. The molecule has 2 amide bonds. The van der Waals surface area contributed by atoms with Crippen molar-refractivity contribution in [3.63, 3.8) is 0 Å². The Kier molecular flexibility index (Phi) is 4.62. The Morgan fingerprint density at radius 3 is 2.70 bits per heavy atom. The Hall–Kier alpha value is -2.34. The molecule has 0 unspecified atom stereocenters. The summed E-state index contributed by atoms with van der Waals surface area (Å²) in [6, 6.07) is 9.73. The molecule has 6 nitrogen and oxygen atoms in total. The molecule has 122 valence electrons. The molecule has 0 aliphatic carbocycles. The van der Waals surface area contributed by atoms with Gasteiger partial charge in [-0.3, -0.25) is 9.59 Å². The maximum Gasteiger partial charge on any atom is 0.267 e. The van der Waals surface area contributed by atoms with Gasteiger partial charge < -0.3 is 19.5 Å². The van der Waals surface area contributed by atoms with Crippen LogP contribution in [0.5, 0.6) is 0 Å². The highest BCUT2D eigenvalue weighted by Crippen LogP contribution is 2.18. The number of para-hydroxylation sites is 1. The van der Waals surface area contributed by atoms with E-state index in [0.29, 0.717) is 45.0 Å². The minimum absolute atomic E-state index is 0.0608. The number of hydrogen-bond acceptors (Lipinski definition) is 3. The monoisotopic (exact) mass is 315 g/mol. The van der Waals surface area contributed by atoms with Crippen molar-refractivity contribution in [2.75, 3.05) is 32.8 Å². The number of morpholine rings is 1. The zero-order valence-electron chi connectivity index (χ0n) is 13.2. The molecule has 1 aliphatic rings. The molecule has 0 radical (unpaired) electrons. The molecule has 0 spiro atoms. The van der Waals surface area contributed by atoms with Crippen LogP contribution in [0.1, 0.15) is 16.9 Å². The van der Waals surface area contributed by atoms with E-state index >= 15 is 0 Å². The summed E-state index contributed by atoms with van der Waals surface area (Å²) in [5, 5.41) is 3.86. The number of benzene rings is 1. The Bertz CT molecular complexity index is 717. The van der Waals surface area contributed by atoms with Gasteiger partial charge in [0, 0.05) is 44.0 Å². The van der Waals surface area contributed by atoms with E-state index in [1.165, 1.54) is 0 Å². The number of fused-ring (bicyclic) bond motifs is 1. The largest absolute Gasteiger partial charge is 0.378 e. The number of nitrogens with zero attached hydrogens (tertiary/aromatic N) is 2. The topological polar surface area (TPSA) is 63.6 Å². The molecule has 3 rings (SSSR count). The molecule has 6 heteroatoms. The summed E-state index contributed by atoms with van der Waals surface area (Å²) in [4.78, 5) is 26.1. The third kappa shape index (κ3) is 3.37. The van der Waals surface area contributed by atoms with E-state index in [-0.39, 0.29) is 11.8 Å². The molecule has 1 aliphatic heterocycles. The van der Waals surface area contributed by atoms with Gasteiger partial charge >= 0.3 is 0 Å². The maximum absolute atomic E-state index is 12.3. The number of carbonyl (C=O) groups excluding carboxylic acids is 2. The van der Waals surface area contributed by atoms with Crippen LogP contribution < -0.4 is 5.32 Å². The highest BCUT2D eigenvalue weighted by molar-refractivity contribution is 5.98. The van der Waals surface area contributed by atoms with Crippen LogP contribution in [0.4, 0.5) is 0 Å². The van der Waals surface area contributed by atoms with Crippen LogP contribution in [-0.4, -0.2) is 54.1 Å². The summed E-state index contributed by atoms with van der Waals surface area (Å²) < 4.78 is 7.10. The number of nitrogens with one attached hydrogen (secondary N) is 1. The summed E-state index contributed by atoms with van der Waals surface area (Å²) in [5.41, 5.74) is 1.62. The molecule has 0 atom stereocenters. The van der Waals surface area contributed by atoms with Crippen molar-refractivity contribution >= 4 is 22.7 Å². The van der Waals surface area contributed by atoms with Crippen LogP contribution in [0.15, 0.2) is 30.3 Å². The Balaban J connectivity index is 1.56. The second-order valence-electron chi connectivity index (χ2n) is 5.65. The average Bonchev–Trinajstić information content (AvgIpc) is 2.93. The molecular formula is C17H21N3O3. The second kappa shape index (κ2) is 6.83. The van der Waals surface area contributed by atoms with Crippen LogP contribution in [0.3, 0.4) is 0 Å². The van der Waals surface area contributed by atoms with E-state index in [4.69, 9.17) is 4.74 Å². The molecule has 1 saturated heterocycles. The summed E-state index contributed by atoms with van der Waals surface area (Å²) >= 11 is 0. The number of amides is 2. The highest BCUT2D eigenvalue weighted by Gasteiger charge is 2.17. The van der Waals surface area contributed by atoms with Gasteiger partial charge in [-0.1, -0.05) is 18.2 Å². The second-order valence-corrected chi connectivity index (χ2v) is 5.65. The van der Waals surface area contributed by atoms with E-state index < -0.39 is 0 Å². The zero-order chi connectivity index (χ0) is 16.2. The van der Waals surface area contributed by atoms with Crippen molar-refractivity contribution in [3.8, 4) is 0 Å². The van der Waals surface area contributed by atoms with Gasteiger partial charge in [0.1, 0.15) is 5.69 Å². The van der Waals surface area contributed by atoms with E-state index in [1.54, 1.807) is 4.90 Å². The SMILES string of the molecule is Cn1c(C(=O)NCCC(=O)N2CCOCC2)cc2ccccc21. The smallest absolute Gasteiger partial charge is 0.267 e. The van der Waals surface area contributed by atoms with E-state index in [0.717, 1.165) is 10.9 Å². The van der Waals surface area contributed by atoms with Crippen molar-refractivity contribution in [2.45, 2.75) is 6.42 Å². The summed E-state index contributed by atoms with van der Waals surface area (Å²) in [6.45, 7) is 2.80. The molecule has 1 aromatic heterocycles. The normalized spacial score (nSPS) is 14.9. The highest BCUT2D eigenvalue weighted by atomic mass is 16.5. The fraction of sp³-hybridized carbons (Fsp3) is 0.412. The first-order valence-corrected chi connectivity index (χ1v) is 7.85. The van der Waals surface area contributed by atoms with Crippen LogP contribution in [0, 0.1) is 0 Å². The summed E-state index contributed by atoms with van der Waals surface area (Å²) in [5.74, 6) is -0.0934. The van der Waals surface area contributed by atoms with Crippen LogP contribution >= 0.6 is 0 Å². The summed E-state index contributed by atoms with van der Waals surface area (Å²) in [7, 11) is 1.87. The zero-order valence-corrected chi connectivity index (χ0v) is 13.2. The minimum atomic E-state index is -0.154. The number of ether oxygens (including phenoxy) is 1. The minimum Gasteiger partial charge on any atom is -0.378 e. The van der Waals surface area contributed by atoms with E-state index in [9.17, 15) is 9.59 Å². The molecular weight excluding hydrogens is 294 g/mol. The van der Waals surface area contributed by atoms with Crippen LogP contribution in [0.25, 0.3) is 10.9 Å². The van der Waals surface area contributed by atoms with E-state index in [1.807, 2.05) is 41.9 Å². The van der Waals surface area contributed by atoms with Gasteiger partial charge in [0.2, 0.25) is 5.91 Å². The lowest BCUT2D eigenvalue weighted by Crippen LogP contribution is -2.42. The first kappa shape index (κ1) is 15.6. The molecule has 2 aromatic rings. The van der Waals surface area contributed by atoms with Gasteiger partial charge in [0.25, 0.3) is 5.91 Å². The first-order valence-electron chi connectivity index (χ1n) is 7.85. The number of aryl methyl sites for hydroxylation is 1. The lowest BCUT2D eigenvalue weighted by atomic mass is 10.2. The Morgan fingerprint density at radius 1 is 1.22 bits per heavy atom. The average molecular weight is 315 g/mol. The van der Waals surface area contributed by atoms with Crippen molar-refractivity contribution in [2.24, 2.45) is 7.05 Å². The lowest BCUT2D eigenvalue weighted by molar-refractivity contribution is -0.135. The van der Waals surface area contributed by atoms with Crippen molar-refractivity contribution < 1.29 is 14.3 Å². The summed E-state index contributed by atoms with van der Waals surface area (Å²) in [6.07, 6.45) is 0.315. The Labute approximate surface area is 135 Å². The van der Waals surface area contributed by atoms with Crippen molar-refractivity contribution in [1.29, 1.82) is 0 Å². The van der Waals surface area contributed by atoms with Gasteiger partial charge in [-0.2, -0.15) is 0 Å². The number of hydrogen-bond donors (Lipinski definition) is 1. The van der Waals surface area contributed by atoms with Gasteiger partial charge in [-0.25, -0.2) is 0 Å². The van der Waals surface area contributed by atoms with Gasteiger partial charge in [-0.15, -0.1) is 0 Å². The fourth-order valence-corrected chi connectivity index (χ4v) is 2.85. The Morgan fingerprint density at radius 2 is 1.96 bits per heavy atom. The number of carbonyl (C=O) groups is 2. The number of aromatic nitrogens is 1. The molecule has 1 fully saturated rings. The van der Waals surface area contributed by atoms with E-state index in [2.05, 4.69) is 5.32 Å². The third-order valence-corrected chi connectivity index (χ3v) is 4.17. The van der Waals surface area contributed by atoms with Crippen LogP contribution in [-0.2, 0) is 16.6 Å². The third-order valence-electron chi connectivity index (χ3n) is 4.17.